The van der Waals surface area contributed by atoms with Crippen LogP contribution in [0.3, 0.4) is 0 Å². The highest BCUT2D eigenvalue weighted by Crippen LogP contribution is 2.26. The Morgan fingerprint density at radius 3 is 2.59 bits per heavy atom. The van der Waals surface area contributed by atoms with Crippen LogP contribution in [0.5, 0.6) is 0 Å². The molecule has 0 saturated carbocycles. The highest BCUT2D eigenvalue weighted by molar-refractivity contribution is 7.98. The van der Waals surface area contributed by atoms with Gasteiger partial charge in [-0.15, -0.1) is 10.2 Å². The fourth-order valence-electron chi connectivity index (χ4n) is 4.00. The van der Waals surface area contributed by atoms with Gasteiger partial charge in [-0.25, -0.2) is 9.37 Å². The molecule has 0 amide bonds. The lowest BCUT2D eigenvalue weighted by molar-refractivity contribution is 0.0361. The van der Waals surface area contributed by atoms with E-state index in [0.717, 1.165) is 43.6 Å². The maximum absolute atomic E-state index is 13.5. The third kappa shape index (κ3) is 4.75. The molecule has 2 aromatic heterocycles. The SMILES string of the molecule is Cn1c(CSc2nnc(-c3ccc(F)cc3)n2CCN2CCOCC2)nc2ccccc2c1=O. The standard InChI is InChI=1S/C24H25FN6O2S/c1-29-21(26-20-5-3-2-4-19(20)23(29)32)16-34-24-28-27-22(17-6-8-18(25)9-7-17)31(24)11-10-30-12-14-33-15-13-30/h2-9H,10-16H2,1H3. The van der Waals surface area contributed by atoms with E-state index in [1.54, 1.807) is 29.8 Å². The molecule has 10 heteroatoms. The Morgan fingerprint density at radius 2 is 1.79 bits per heavy atom. The number of thioether (sulfide) groups is 1. The molecule has 8 nitrogen and oxygen atoms in total. The second-order valence-corrected chi connectivity index (χ2v) is 9.06. The molecule has 1 aliphatic heterocycles. The quantitative estimate of drug-likeness (QED) is 0.377. The van der Waals surface area contributed by atoms with Crippen molar-refractivity contribution in [2.24, 2.45) is 7.05 Å². The van der Waals surface area contributed by atoms with Crippen LogP contribution < -0.4 is 5.56 Å². The molecular weight excluding hydrogens is 455 g/mol. The molecule has 0 aliphatic carbocycles. The van der Waals surface area contributed by atoms with Crippen LogP contribution in [0, 0.1) is 5.82 Å². The Balaban J connectivity index is 1.42. The van der Waals surface area contributed by atoms with Crippen molar-refractivity contribution in [3.8, 4) is 11.4 Å². The van der Waals surface area contributed by atoms with Gasteiger partial charge in [-0.2, -0.15) is 0 Å². The van der Waals surface area contributed by atoms with Gasteiger partial charge in [0.25, 0.3) is 5.56 Å². The molecule has 1 fully saturated rings. The topological polar surface area (TPSA) is 78.1 Å². The van der Waals surface area contributed by atoms with Crippen LogP contribution in [0.4, 0.5) is 4.39 Å². The number of hydrogen-bond acceptors (Lipinski definition) is 7. The fourth-order valence-corrected chi connectivity index (χ4v) is 4.95. The number of fused-ring (bicyclic) bond motifs is 1. The maximum Gasteiger partial charge on any atom is 0.261 e. The van der Waals surface area contributed by atoms with Gasteiger partial charge >= 0.3 is 0 Å². The van der Waals surface area contributed by atoms with E-state index in [2.05, 4.69) is 19.7 Å². The predicted octanol–water partition coefficient (Wildman–Crippen LogP) is 2.96. The van der Waals surface area contributed by atoms with Gasteiger partial charge < -0.3 is 9.30 Å². The van der Waals surface area contributed by atoms with E-state index >= 15 is 0 Å². The molecule has 4 aromatic rings. The lowest BCUT2D eigenvalue weighted by Gasteiger charge is -2.27. The summed E-state index contributed by atoms with van der Waals surface area (Å²) >= 11 is 1.49. The van der Waals surface area contributed by atoms with Crippen LogP contribution in [-0.2, 0) is 24.1 Å². The summed E-state index contributed by atoms with van der Waals surface area (Å²) in [6.45, 7) is 4.76. The Bertz CT molecular complexity index is 1350. The second-order valence-electron chi connectivity index (χ2n) is 8.12. The molecule has 1 saturated heterocycles. The Hall–Kier alpha value is -3.08. The number of para-hydroxylation sites is 1. The average Bonchev–Trinajstić information content (AvgIpc) is 3.28. The first-order valence-electron chi connectivity index (χ1n) is 11.2. The first kappa shape index (κ1) is 22.7. The molecule has 34 heavy (non-hydrogen) atoms. The van der Waals surface area contributed by atoms with Gasteiger partial charge in [0.05, 0.1) is 29.9 Å². The van der Waals surface area contributed by atoms with E-state index in [9.17, 15) is 9.18 Å². The zero-order chi connectivity index (χ0) is 23.5. The van der Waals surface area contributed by atoms with E-state index in [1.165, 1.54) is 23.9 Å². The lowest BCUT2D eigenvalue weighted by Crippen LogP contribution is -2.38. The van der Waals surface area contributed by atoms with Crippen molar-refractivity contribution in [3.05, 3.63) is 70.5 Å². The summed E-state index contributed by atoms with van der Waals surface area (Å²) in [6.07, 6.45) is 0. The molecule has 0 bridgehead atoms. The number of hydrogen-bond donors (Lipinski definition) is 0. The van der Waals surface area contributed by atoms with Crippen LogP contribution in [-0.4, -0.2) is 62.1 Å². The highest BCUT2D eigenvalue weighted by Gasteiger charge is 2.18. The molecule has 5 rings (SSSR count). The number of nitrogens with zero attached hydrogens (tertiary/aromatic N) is 6. The molecule has 0 N–H and O–H groups in total. The first-order valence-corrected chi connectivity index (χ1v) is 12.2. The van der Waals surface area contributed by atoms with E-state index < -0.39 is 0 Å². The van der Waals surface area contributed by atoms with Gasteiger partial charge in [-0.05, 0) is 36.4 Å². The summed E-state index contributed by atoms with van der Waals surface area (Å²) < 4.78 is 22.6. The summed E-state index contributed by atoms with van der Waals surface area (Å²) in [7, 11) is 1.74. The van der Waals surface area contributed by atoms with Gasteiger partial charge in [-0.1, -0.05) is 23.9 Å². The minimum Gasteiger partial charge on any atom is -0.379 e. The highest BCUT2D eigenvalue weighted by atomic mass is 32.2. The maximum atomic E-state index is 13.5. The Morgan fingerprint density at radius 1 is 1.03 bits per heavy atom. The number of morpholine rings is 1. The number of halogens is 1. The molecule has 3 heterocycles. The van der Waals surface area contributed by atoms with Crippen molar-refractivity contribution in [1.29, 1.82) is 0 Å². The van der Waals surface area contributed by atoms with Crippen molar-refractivity contribution in [2.45, 2.75) is 17.5 Å². The van der Waals surface area contributed by atoms with Gasteiger partial charge in [-0.3, -0.25) is 14.3 Å². The third-order valence-electron chi connectivity index (χ3n) is 5.97. The zero-order valence-electron chi connectivity index (χ0n) is 18.9. The van der Waals surface area contributed by atoms with Crippen molar-refractivity contribution < 1.29 is 9.13 Å². The lowest BCUT2D eigenvalue weighted by atomic mass is 10.2. The smallest absolute Gasteiger partial charge is 0.261 e. The normalized spacial score (nSPS) is 14.6. The van der Waals surface area contributed by atoms with Crippen LogP contribution in [0.15, 0.2) is 58.5 Å². The third-order valence-corrected chi connectivity index (χ3v) is 6.93. The van der Waals surface area contributed by atoms with Crippen LogP contribution in [0.25, 0.3) is 22.3 Å². The summed E-state index contributed by atoms with van der Waals surface area (Å²) in [5.41, 5.74) is 1.42. The summed E-state index contributed by atoms with van der Waals surface area (Å²) in [5, 5.41) is 10.2. The van der Waals surface area contributed by atoms with Gasteiger partial charge in [0.2, 0.25) is 0 Å². The van der Waals surface area contributed by atoms with Gasteiger partial charge in [0, 0.05) is 38.8 Å². The number of rotatable bonds is 7. The molecular formula is C24H25FN6O2S. The number of benzene rings is 2. The Labute approximate surface area is 200 Å². The minimum absolute atomic E-state index is 0.0676. The van der Waals surface area contributed by atoms with E-state index in [0.29, 0.717) is 34.8 Å². The van der Waals surface area contributed by atoms with E-state index in [-0.39, 0.29) is 11.4 Å². The fraction of sp³-hybridized carbons (Fsp3) is 0.333. The second kappa shape index (κ2) is 10.0. The summed E-state index contributed by atoms with van der Waals surface area (Å²) in [5.74, 6) is 1.53. The molecule has 0 spiro atoms. The van der Waals surface area contributed by atoms with Crippen LogP contribution >= 0.6 is 11.8 Å². The van der Waals surface area contributed by atoms with Crippen LogP contribution in [0.1, 0.15) is 5.82 Å². The van der Waals surface area contributed by atoms with Crippen molar-refractivity contribution in [3.63, 3.8) is 0 Å². The largest absolute Gasteiger partial charge is 0.379 e. The number of ether oxygens (including phenoxy) is 1. The van der Waals surface area contributed by atoms with Crippen molar-refractivity contribution in [2.75, 3.05) is 32.8 Å². The summed E-state index contributed by atoms with van der Waals surface area (Å²) in [4.78, 5) is 19.8. The van der Waals surface area contributed by atoms with Gasteiger partial charge in [0.15, 0.2) is 11.0 Å². The molecule has 1 aliphatic rings. The van der Waals surface area contributed by atoms with Crippen LogP contribution in [0.2, 0.25) is 0 Å². The van der Waals surface area contributed by atoms with Gasteiger partial charge in [0.1, 0.15) is 11.6 Å². The predicted molar refractivity (Wildman–Crippen MR) is 129 cm³/mol. The number of aromatic nitrogens is 5. The minimum atomic E-state index is -0.291. The van der Waals surface area contributed by atoms with Crippen molar-refractivity contribution >= 4 is 22.7 Å². The molecule has 0 unspecified atom stereocenters. The molecule has 0 radical (unpaired) electrons. The zero-order valence-corrected chi connectivity index (χ0v) is 19.7. The van der Waals surface area contributed by atoms with E-state index in [1.807, 2.05) is 18.2 Å². The first-order chi connectivity index (χ1) is 16.6. The Kier molecular flexibility index (Phi) is 6.70. The monoisotopic (exact) mass is 480 g/mol. The molecule has 176 valence electrons. The summed E-state index contributed by atoms with van der Waals surface area (Å²) in [6, 6.07) is 13.6. The molecule has 0 atom stereocenters. The molecule has 2 aromatic carbocycles. The van der Waals surface area contributed by atoms with Crippen molar-refractivity contribution in [1.82, 2.24) is 29.2 Å². The van der Waals surface area contributed by atoms with E-state index in [4.69, 9.17) is 9.72 Å². The average molecular weight is 481 g/mol.